The van der Waals surface area contributed by atoms with Crippen LogP contribution in [-0.2, 0) is 17.6 Å². The summed E-state index contributed by atoms with van der Waals surface area (Å²) >= 11 is 6.26. The Morgan fingerprint density at radius 2 is 2.20 bits per heavy atom. The van der Waals surface area contributed by atoms with Crippen molar-refractivity contribution in [3.05, 3.63) is 46.9 Å². The van der Waals surface area contributed by atoms with Crippen molar-refractivity contribution >= 4 is 28.5 Å². The van der Waals surface area contributed by atoms with Gasteiger partial charge in [-0.15, -0.1) is 0 Å². The Balaban J connectivity index is 1.62. The number of ether oxygens (including phenoxy) is 1. The van der Waals surface area contributed by atoms with E-state index in [1.54, 1.807) is 18.3 Å². The van der Waals surface area contributed by atoms with Crippen LogP contribution in [0.25, 0.3) is 11.0 Å². The van der Waals surface area contributed by atoms with Crippen LogP contribution in [0.4, 0.5) is 0 Å². The molecular formula is C17H16ClN3O4. The smallest absolute Gasteiger partial charge is 0.303 e. The first kappa shape index (κ1) is 17.2. The van der Waals surface area contributed by atoms with Gasteiger partial charge in [-0.1, -0.05) is 16.8 Å². The van der Waals surface area contributed by atoms with E-state index in [4.69, 9.17) is 26.0 Å². The number of aliphatic carboxylic acids is 1. The summed E-state index contributed by atoms with van der Waals surface area (Å²) in [7, 11) is 0. The maximum atomic E-state index is 10.7. The van der Waals surface area contributed by atoms with Gasteiger partial charge in [0.25, 0.3) is 0 Å². The Morgan fingerprint density at radius 3 is 2.96 bits per heavy atom. The van der Waals surface area contributed by atoms with Crippen molar-refractivity contribution in [3.8, 4) is 5.75 Å². The van der Waals surface area contributed by atoms with E-state index in [9.17, 15) is 4.79 Å². The molecule has 7 nitrogen and oxygen atoms in total. The Morgan fingerprint density at radius 1 is 1.32 bits per heavy atom. The summed E-state index contributed by atoms with van der Waals surface area (Å²) in [6.07, 6.45) is 3.44. The molecule has 1 aromatic carbocycles. The lowest BCUT2D eigenvalue weighted by Crippen LogP contribution is -2.01. The molecule has 2 heterocycles. The van der Waals surface area contributed by atoms with E-state index in [0.29, 0.717) is 34.0 Å². The number of benzene rings is 1. The van der Waals surface area contributed by atoms with E-state index < -0.39 is 5.97 Å². The fourth-order valence-corrected chi connectivity index (χ4v) is 2.63. The van der Waals surface area contributed by atoms with Crippen molar-refractivity contribution in [3.63, 3.8) is 0 Å². The highest BCUT2D eigenvalue weighted by Crippen LogP contribution is 2.32. The second-order valence-electron chi connectivity index (χ2n) is 5.47. The van der Waals surface area contributed by atoms with Gasteiger partial charge < -0.3 is 14.4 Å². The molecule has 0 aliphatic heterocycles. The summed E-state index contributed by atoms with van der Waals surface area (Å²) in [5, 5.41) is 21.7. The van der Waals surface area contributed by atoms with Crippen molar-refractivity contribution in [1.82, 2.24) is 15.4 Å². The molecule has 3 aromatic rings. The number of fused-ring (bicyclic) bond motifs is 1. The highest BCUT2D eigenvalue weighted by Gasteiger charge is 2.14. The molecule has 130 valence electrons. The number of carbonyl (C=O) groups is 1. The van der Waals surface area contributed by atoms with Gasteiger partial charge in [0.05, 0.1) is 29.4 Å². The van der Waals surface area contributed by atoms with Gasteiger partial charge in [0.15, 0.2) is 5.58 Å². The van der Waals surface area contributed by atoms with Crippen LogP contribution in [0.2, 0.25) is 5.02 Å². The SMILES string of the molecule is O=C(O)CCc1noc2cc(OCCCc3cccnn3)c(Cl)cc12. The predicted octanol–water partition coefficient (Wildman–Crippen LogP) is 3.30. The van der Waals surface area contributed by atoms with Gasteiger partial charge >= 0.3 is 5.97 Å². The van der Waals surface area contributed by atoms with Gasteiger partial charge in [-0.3, -0.25) is 4.79 Å². The molecule has 0 aliphatic rings. The summed E-state index contributed by atoms with van der Waals surface area (Å²) < 4.78 is 11.0. The van der Waals surface area contributed by atoms with Crippen LogP contribution >= 0.6 is 11.6 Å². The fraction of sp³-hybridized carbons (Fsp3) is 0.294. The van der Waals surface area contributed by atoms with Crippen LogP contribution < -0.4 is 4.74 Å². The topological polar surface area (TPSA) is 98.3 Å². The van der Waals surface area contributed by atoms with Crippen LogP contribution in [0.15, 0.2) is 35.0 Å². The Kier molecular flexibility index (Phi) is 5.45. The molecule has 0 saturated carbocycles. The van der Waals surface area contributed by atoms with E-state index in [1.807, 2.05) is 12.1 Å². The fourth-order valence-electron chi connectivity index (χ4n) is 2.41. The van der Waals surface area contributed by atoms with Crippen molar-refractivity contribution in [1.29, 1.82) is 0 Å². The first-order valence-corrected chi connectivity index (χ1v) is 8.20. The van der Waals surface area contributed by atoms with Crippen molar-refractivity contribution in [2.45, 2.75) is 25.7 Å². The molecule has 2 aromatic heterocycles. The zero-order valence-electron chi connectivity index (χ0n) is 13.3. The molecule has 1 N–H and O–H groups in total. The third-order valence-electron chi connectivity index (χ3n) is 3.64. The summed E-state index contributed by atoms with van der Waals surface area (Å²) in [6.45, 7) is 0.474. The van der Waals surface area contributed by atoms with E-state index in [2.05, 4.69) is 15.4 Å². The number of nitrogens with zero attached hydrogens (tertiary/aromatic N) is 3. The summed E-state index contributed by atoms with van der Waals surface area (Å²) in [4.78, 5) is 10.7. The quantitative estimate of drug-likeness (QED) is 0.614. The third kappa shape index (κ3) is 4.45. The third-order valence-corrected chi connectivity index (χ3v) is 3.93. The van der Waals surface area contributed by atoms with Crippen LogP contribution in [0.3, 0.4) is 0 Å². The minimum atomic E-state index is -0.884. The van der Waals surface area contributed by atoms with Crippen LogP contribution in [0, 0.1) is 0 Å². The molecule has 3 rings (SSSR count). The number of aryl methyl sites for hydroxylation is 2. The molecule has 0 fully saturated rings. The second kappa shape index (κ2) is 7.94. The first-order valence-electron chi connectivity index (χ1n) is 7.82. The summed E-state index contributed by atoms with van der Waals surface area (Å²) in [5.41, 5.74) is 2.01. The van der Waals surface area contributed by atoms with E-state index in [1.165, 1.54) is 0 Å². The van der Waals surface area contributed by atoms with E-state index >= 15 is 0 Å². The van der Waals surface area contributed by atoms with Crippen LogP contribution in [-0.4, -0.2) is 33.0 Å². The molecule has 8 heteroatoms. The molecule has 0 bridgehead atoms. The van der Waals surface area contributed by atoms with Crippen molar-refractivity contribution < 1.29 is 19.2 Å². The number of aromatic nitrogens is 3. The van der Waals surface area contributed by atoms with E-state index in [-0.39, 0.29) is 12.8 Å². The highest BCUT2D eigenvalue weighted by molar-refractivity contribution is 6.32. The largest absolute Gasteiger partial charge is 0.492 e. The predicted molar refractivity (Wildman–Crippen MR) is 90.8 cm³/mol. The van der Waals surface area contributed by atoms with Gasteiger partial charge in [-0.2, -0.15) is 10.2 Å². The Bertz CT molecular complexity index is 867. The van der Waals surface area contributed by atoms with Crippen molar-refractivity contribution in [2.75, 3.05) is 6.61 Å². The zero-order valence-corrected chi connectivity index (χ0v) is 14.1. The highest BCUT2D eigenvalue weighted by atomic mass is 35.5. The van der Waals surface area contributed by atoms with Crippen LogP contribution in [0.1, 0.15) is 24.2 Å². The van der Waals surface area contributed by atoms with Crippen LogP contribution in [0.5, 0.6) is 5.75 Å². The second-order valence-corrected chi connectivity index (χ2v) is 5.88. The monoisotopic (exact) mass is 361 g/mol. The van der Waals surface area contributed by atoms with Gasteiger partial charge in [0.1, 0.15) is 5.75 Å². The molecule has 0 aliphatic carbocycles. The average Bonchev–Trinajstić information content (AvgIpc) is 2.99. The average molecular weight is 362 g/mol. The van der Waals surface area contributed by atoms with Gasteiger partial charge in [0, 0.05) is 24.1 Å². The maximum absolute atomic E-state index is 10.7. The number of hydrogen-bond donors (Lipinski definition) is 1. The number of hydrogen-bond acceptors (Lipinski definition) is 6. The number of halogens is 1. The van der Waals surface area contributed by atoms with Crippen molar-refractivity contribution in [2.24, 2.45) is 0 Å². The molecule has 0 radical (unpaired) electrons. The molecule has 0 spiro atoms. The lowest BCUT2D eigenvalue weighted by Gasteiger charge is -2.07. The van der Waals surface area contributed by atoms with Gasteiger partial charge in [0.2, 0.25) is 0 Å². The minimum absolute atomic E-state index is 0.0140. The molecular weight excluding hydrogens is 346 g/mol. The minimum Gasteiger partial charge on any atom is -0.492 e. The Labute approximate surface area is 148 Å². The number of rotatable bonds is 8. The number of carboxylic acids is 1. The van der Waals surface area contributed by atoms with E-state index in [0.717, 1.165) is 18.5 Å². The lowest BCUT2D eigenvalue weighted by atomic mass is 10.1. The van der Waals surface area contributed by atoms with Gasteiger partial charge in [-0.25, -0.2) is 0 Å². The number of carboxylic acid groups (broad SMARTS) is 1. The van der Waals surface area contributed by atoms with Gasteiger partial charge in [-0.05, 0) is 31.0 Å². The zero-order chi connectivity index (χ0) is 17.6. The lowest BCUT2D eigenvalue weighted by molar-refractivity contribution is -0.136. The maximum Gasteiger partial charge on any atom is 0.303 e. The standard InChI is InChI=1S/C17H16ClN3O4/c18-13-9-12-14(5-6-17(22)23)21-25-15(12)10-16(13)24-8-2-4-11-3-1-7-19-20-11/h1,3,7,9-10H,2,4-6,8H2,(H,22,23). The molecule has 0 saturated heterocycles. The normalized spacial score (nSPS) is 10.9. The summed E-state index contributed by atoms with van der Waals surface area (Å²) in [5.74, 6) is -0.375. The Hall–Kier alpha value is -2.67. The first-order chi connectivity index (χ1) is 12.1. The molecule has 25 heavy (non-hydrogen) atoms. The molecule has 0 unspecified atom stereocenters. The molecule has 0 amide bonds. The summed E-state index contributed by atoms with van der Waals surface area (Å²) in [6, 6.07) is 7.14. The molecule has 0 atom stereocenters.